The number of esters is 3. The minimum absolute atomic E-state index is 0.0897. The lowest BCUT2D eigenvalue weighted by Gasteiger charge is -2.18. The summed E-state index contributed by atoms with van der Waals surface area (Å²) in [6.07, 6.45) is 96.6. The van der Waals surface area contributed by atoms with E-state index in [9.17, 15) is 14.4 Å². The molecule has 0 spiro atoms. The van der Waals surface area contributed by atoms with Crippen molar-refractivity contribution in [1.29, 1.82) is 0 Å². The molecule has 0 rings (SSSR count). The molecule has 0 heterocycles. The lowest BCUT2D eigenvalue weighted by atomic mass is 10.0. The standard InChI is InChI=1S/C76H128O6/c1-4-7-10-13-16-19-22-25-27-29-30-31-32-33-34-35-36-37-38-39-40-41-42-43-44-45-46-47-49-51-54-57-60-63-66-69-75(78)81-72-73(71-80-74(77)68-65-62-59-56-53-50-24-21-18-15-12-9-6-3)82-76(79)70-67-64-61-58-55-52-48-28-26-23-20-17-14-11-8-5-2/h7,9-10,12,16,18-19,21,25,27-28,30-31,33-34,36-37,48,50,53,73H,4-6,8,11,13-15,17,20,22-24,26,29,32,35,38-47,49,51-52,54-72H2,1-3H3/b10-7-,12-9-,19-16-,21-18-,27-25-,31-30-,34-33-,37-36-,48-28-,53-50-. The second-order valence-corrected chi connectivity index (χ2v) is 22.7. The average molecular weight is 1140 g/mol. The van der Waals surface area contributed by atoms with E-state index in [0.29, 0.717) is 19.3 Å². The summed E-state index contributed by atoms with van der Waals surface area (Å²) in [4.78, 5) is 38.3. The Hall–Kier alpha value is -4.19. The Labute approximate surface area is 507 Å². The van der Waals surface area contributed by atoms with E-state index in [2.05, 4.69) is 142 Å². The van der Waals surface area contributed by atoms with Gasteiger partial charge in [0.05, 0.1) is 0 Å². The maximum Gasteiger partial charge on any atom is 0.306 e. The molecule has 0 saturated heterocycles. The Balaban J connectivity index is 4.17. The van der Waals surface area contributed by atoms with Gasteiger partial charge in [-0.3, -0.25) is 14.4 Å². The zero-order chi connectivity index (χ0) is 59.2. The van der Waals surface area contributed by atoms with Crippen LogP contribution in [0, 0.1) is 0 Å². The molecule has 1 atom stereocenters. The highest BCUT2D eigenvalue weighted by molar-refractivity contribution is 5.71. The van der Waals surface area contributed by atoms with Crippen LogP contribution in [0.2, 0.25) is 0 Å². The molecule has 0 N–H and O–H groups in total. The average Bonchev–Trinajstić information content (AvgIpc) is 3.47. The Kier molecular flexibility index (Phi) is 65.8. The largest absolute Gasteiger partial charge is 0.462 e. The van der Waals surface area contributed by atoms with Crippen molar-refractivity contribution in [2.75, 3.05) is 13.2 Å². The predicted octanol–water partition coefficient (Wildman–Crippen LogP) is 23.9. The van der Waals surface area contributed by atoms with Crippen LogP contribution in [-0.2, 0) is 28.6 Å². The molecule has 0 aliphatic heterocycles. The van der Waals surface area contributed by atoms with Crippen molar-refractivity contribution >= 4 is 17.9 Å². The van der Waals surface area contributed by atoms with Gasteiger partial charge in [0.15, 0.2) is 6.10 Å². The van der Waals surface area contributed by atoms with E-state index in [-0.39, 0.29) is 31.1 Å². The first-order chi connectivity index (χ1) is 40.5. The number of allylic oxidation sites excluding steroid dienone is 20. The molecule has 0 saturated carbocycles. The van der Waals surface area contributed by atoms with Crippen molar-refractivity contribution in [2.24, 2.45) is 0 Å². The van der Waals surface area contributed by atoms with Gasteiger partial charge in [0, 0.05) is 19.3 Å². The van der Waals surface area contributed by atoms with Crippen LogP contribution in [0.3, 0.4) is 0 Å². The molecule has 0 bridgehead atoms. The quantitative estimate of drug-likeness (QED) is 0.0261. The zero-order valence-electron chi connectivity index (χ0n) is 53.7. The number of carbonyl (C=O) groups is 3. The van der Waals surface area contributed by atoms with E-state index in [1.807, 2.05) is 0 Å². The highest BCUT2D eigenvalue weighted by atomic mass is 16.6. The fourth-order valence-electron chi connectivity index (χ4n) is 9.57. The summed E-state index contributed by atoms with van der Waals surface area (Å²) >= 11 is 0. The molecule has 0 aromatic rings. The van der Waals surface area contributed by atoms with Gasteiger partial charge in [-0.25, -0.2) is 0 Å². The van der Waals surface area contributed by atoms with Crippen molar-refractivity contribution in [3.63, 3.8) is 0 Å². The van der Waals surface area contributed by atoms with E-state index >= 15 is 0 Å². The number of rotatable bonds is 62. The fourth-order valence-corrected chi connectivity index (χ4v) is 9.57. The van der Waals surface area contributed by atoms with Crippen LogP contribution in [-0.4, -0.2) is 37.2 Å². The van der Waals surface area contributed by atoms with Gasteiger partial charge >= 0.3 is 17.9 Å². The summed E-state index contributed by atoms with van der Waals surface area (Å²) in [5.74, 6) is -0.919. The van der Waals surface area contributed by atoms with Gasteiger partial charge in [0.1, 0.15) is 13.2 Å². The highest BCUT2D eigenvalue weighted by Gasteiger charge is 2.19. The SMILES string of the molecule is CC/C=C\C/C=C\C/C=C\C/C=C\C/C=C\C/C=C\CCCCCCCCCCCCCCCCCCC(=O)OCC(COC(=O)CCCCC/C=C\C/C=C\C/C=C\CC)OC(=O)CCCCCCC/C=C\CCCCCCCCC. The van der Waals surface area contributed by atoms with E-state index in [4.69, 9.17) is 14.2 Å². The van der Waals surface area contributed by atoms with Crippen molar-refractivity contribution < 1.29 is 28.6 Å². The molecular formula is C76H128O6. The number of ether oxygens (including phenoxy) is 3. The molecule has 6 nitrogen and oxygen atoms in total. The second kappa shape index (κ2) is 69.3. The number of hydrogen-bond acceptors (Lipinski definition) is 6. The van der Waals surface area contributed by atoms with Gasteiger partial charge in [0.2, 0.25) is 0 Å². The summed E-state index contributed by atoms with van der Waals surface area (Å²) in [5, 5.41) is 0. The molecule has 468 valence electrons. The Morgan fingerprint density at radius 2 is 0.476 bits per heavy atom. The summed E-state index contributed by atoms with van der Waals surface area (Å²) in [6, 6.07) is 0. The van der Waals surface area contributed by atoms with Gasteiger partial charge in [-0.1, -0.05) is 296 Å². The lowest BCUT2D eigenvalue weighted by molar-refractivity contribution is -0.167. The normalized spacial score (nSPS) is 12.9. The van der Waals surface area contributed by atoms with Crippen LogP contribution in [0.4, 0.5) is 0 Å². The molecule has 0 fully saturated rings. The molecule has 0 aromatic carbocycles. The first-order valence-corrected chi connectivity index (χ1v) is 34.5. The molecule has 82 heavy (non-hydrogen) atoms. The summed E-state index contributed by atoms with van der Waals surface area (Å²) in [5.41, 5.74) is 0. The van der Waals surface area contributed by atoms with Gasteiger partial charge < -0.3 is 14.2 Å². The maximum atomic E-state index is 12.9. The third kappa shape index (κ3) is 66.6. The molecule has 0 aliphatic rings. The molecule has 0 amide bonds. The van der Waals surface area contributed by atoms with Crippen LogP contribution in [0.15, 0.2) is 122 Å². The van der Waals surface area contributed by atoms with Crippen LogP contribution in [0.5, 0.6) is 0 Å². The van der Waals surface area contributed by atoms with Crippen molar-refractivity contribution in [2.45, 2.75) is 329 Å². The van der Waals surface area contributed by atoms with Crippen LogP contribution < -0.4 is 0 Å². The van der Waals surface area contributed by atoms with Gasteiger partial charge in [0.25, 0.3) is 0 Å². The third-order valence-electron chi connectivity index (χ3n) is 14.7. The minimum atomic E-state index is -0.796. The zero-order valence-corrected chi connectivity index (χ0v) is 53.7. The second-order valence-electron chi connectivity index (χ2n) is 22.7. The number of hydrogen-bond donors (Lipinski definition) is 0. The molecule has 0 aliphatic carbocycles. The van der Waals surface area contributed by atoms with Gasteiger partial charge in [-0.15, -0.1) is 0 Å². The Morgan fingerprint density at radius 3 is 0.768 bits per heavy atom. The number of carbonyl (C=O) groups excluding carboxylic acids is 3. The molecule has 0 radical (unpaired) electrons. The predicted molar refractivity (Wildman–Crippen MR) is 357 cm³/mol. The lowest BCUT2D eigenvalue weighted by Crippen LogP contribution is -2.30. The summed E-state index contributed by atoms with van der Waals surface area (Å²) < 4.78 is 16.9. The smallest absolute Gasteiger partial charge is 0.306 e. The first kappa shape index (κ1) is 77.8. The van der Waals surface area contributed by atoms with E-state index in [0.717, 1.165) is 135 Å². The summed E-state index contributed by atoms with van der Waals surface area (Å²) in [6.45, 7) is 6.40. The van der Waals surface area contributed by atoms with Crippen molar-refractivity contribution in [1.82, 2.24) is 0 Å². The van der Waals surface area contributed by atoms with Gasteiger partial charge in [-0.2, -0.15) is 0 Å². The number of unbranched alkanes of at least 4 members (excludes halogenated alkanes) is 31. The van der Waals surface area contributed by atoms with Crippen LogP contribution in [0.25, 0.3) is 0 Å². The molecule has 1 unspecified atom stereocenters. The van der Waals surface area contributed by atoms with Crippen LogP contribution >= 0.6 is 0 Å². The summed E-state index contributed by atoms with van der Waals surface area (Å²) in [7, 11) is 0. The molecule has 6 heteroatoms. The minimum Gasteiger partial charge on any atom is -0.462 e. The molecule has 0 aromatic heterocycles. The van der Waals surface area contributed by atoms with E-state index in [1.54, 1.807) is 0 Å². The Morgan fingerprint density at radius 1 is 0.256 bits per heavy atom. The Bertz CT molecular complexity index is 1690. The van der Waals surface area contributed by atoms with Gasteiger partial charge in [-0.05, 0) is 128 Å². The fraction of sp³-hybridized carbons (Fsp3) is 0.697. The van der Waals surface area contributed by atoms with Crippen molar-refractivity contribution in [3.05, 3.63) is 122 Å². The first-order valence-electron chi connectivity index (χ1n) is 34.5. The maximum absolute atomic E-state index is 12.9. The third-order valence-corrected chi connectivity index (χ3v) is 14.7. The monoisotopic (exact) mass is 1140 g/mol. The van der Waals surface area contributed by atoms with Crippen molar-refractivity contribution in [3.8, 4) is 0 Å². The highest BCUT2D eigenvalue weighted by Crippen LogP contribution is 2.17. The van der Waals surface area contributed by atoms with E-state index < -0.39 is 6.10 Å². The van der Waals surface area contributed by atoms with Crippen LogP contribution in [0.1, 0.15) is 323 Å². The topological polar surface area (TPSA) is 78.9 Å². The molecular weight excluding hydrogens is 1010 g/mol. The van der Waals surface area contributed by atoms with E-state index in [1.165, 1.54) is 148 Å².